The number of ether oxygens (including phenoxy) is 1. The molecule has 0 aliphatic carbocycles. The Morgan fingerprint density at radius 1 is 1.38 bits per heavy atom. The van der Waals surface area contributed by atoms with Gasteiger partial charge in [-0.05, 0) is 24.6 Å². The number of hydrogen-bond acceptors (Lipinski definition) is 5. The predicted molar refractivity (Wildman–Crippen MR) is 82.6 cm³/mol. The lowest BCUT2D eigenvalue weighted by atomic mass is 10.2. The lowest BCUT2D eigenvalue weighted by Crippen LogP contribution is -2.14. The van der Waals surface area contributed by atoms with Gasteiger partial charge in [0.1, 0.15) is 18.2 Å². The molecule has 6 heteroatoms. The van der Waals surface area contributed by atoms with Crippen molar-refractivity contribution >= 4 is 17.3 Å². The Kier molecular flexibility index (Phi) is 3.59. The van der Waals surface area contributed by atoms with E-state index in [0.717, 1.165) is 11.4 Å². The van der Waals surface area contributed by atoms with Crippen LogP contribution in [0.1, 0.15) is 5.56 Å². The Bertz CT molecular complexity index is 753. The highest BCUT2D eigenvalue weighted by Crippen LogP contribution is 2.15. The summed E-state index contributed by atoms with van der Waals surface area (Å²) < 4.78 is 7.52. The monoisotopic (exact) mass is 283 g/mol. The number of aromatic nitrogens is 3. The van der Waals surface area contributed by atoms with Gasteiger partial charge >= 0.3 is 0 Å². The van der Waals surface area contributed by atoms with Crippen LogP contribution < -0.4 is 15.8 Å². The van der Waals surface area contributed by atoms with Gasteiger partial charge in [-0.25, -0.2) is 9.97 Å². The van der Waals surface area contributed by atoms with E-state index in [-0.39, 0.29) is 0 Å². The van der Waals surface area contributed by atoms with Crippen molar-refractivity contribution in [3.63, 3.8) is 0 Å². The van der Waals surface area contributed by atoms with Gasteiger partial charge in [-0.2, -0.15) is 0 Å². The fourth-order valence-corrected chi connectivity index (χ4v) is 2.11. The Morgan fingerprint density at radius 3 is 3.14 bits per heavy atom. The molecule has 0 radical (unpaired) electrons. The zero-order chi connectivity index (χ0) is 14.7. The Balaban J connectivity index is 1.61. The van der Waals surface area contributed by atoms with Crippen LogP contribution in [0.5, 0.6) is 5.75 Å². The molecular formula is C15H17N5O. The van der Waals surface area contributed by atoms with Crippen molar-refractivity contribution in [1.82, 2.24) is 14.4 Å². The van der Waals surface area contributed by atoms with Gasteiger partial charge in [0.25, 0.3) is 0 Å². The summed E-state index contributed by atoms with van der Waals surface area (Å²) in [7, 11) is 0. The van der Waals surface area contributed by atoms with Crippen LogP contribution in [0, 0.1) is 6.92 Å². The van der Waals surface area contributed by atoms with Gasteiger partial charge in [-0.3, -0.25) is 0 Å². The van der Waals surface area contributed by atoms with Crippen LogP contribution in [0.4, 0.5) is 11.6 Å². The average Bonchev–Trinajstić information content (AvgIpc) is 2.91. The normalized spacial score (nSPS) is 10.7. The fraction of sp³-hybridized carbons (Fsp3) is 0.200. The molecule has 2 aromatic heterocycles. The summed E-state index contributed by atoms with van der Waals surface area (Å²) in [6.45, 7) is 3.19. The number of fused-ring (bicyclic) bond motifs is 1. The average molecular weight is 283 g/mol. The van der Waals surface area contributed by atoms with Crippen molar-refractivity contribution in [2.75, 3.05) is 24.2 Å². The molecule has 1 aromatic carbocycles. The number of nitrogen functional groups attached to an aromatic ring is 1. The number of nitrogens with zero attached hydrogens (tertiary/aromatic N) is 3. The van der Waals surface area contributed by atoms with Crippen LogP contribution in [-0.4, -0.2) is 27.5 Å². The molecule has 6 nitrogen and oxygen atoms in total. The second kappa shape index (κ2) is 5.70. The first-order chi connectivity index (χ1) is 10.2. The summed E-state index contributed by atoms with van der Waals surface area (Å²) in [5, 5.41) is 3.20. The molecule has 0 aliphatic rings. The second-order valence-electron chi connectivity index (χ2n) is 4.76. The van der Waals surface area contributed by atoms with Crippen molar-refractivity contribution in [3.05, 3.63) is 48.4 Å². The maximum Gasteiger partial charge on any atom is 0.180 e. The van der Waals surface area contributed by atoms with E-state index in [9.17, 15) is 0 Å². The number of anilines is 2. The Morgan fingerprint density at radius 2 is 2.29 bits per heavy atom. The van der Waals surface area contributed by atoms with E-state index in [1.807, 2.05) is 41.8 Å². The van der Waals surface area contributed by atoms with Gasteiger partial charge in [0, 0.05) is 12.4 Å². The predicted octanol–water partition coefficient (Wildman–Crippen LogP) is 2.11. The van der Waals surface area contributed by atoms with Crippen molar-refractivity contribution in [3.8, 4) is 5.75 Å². The summed E-state index contributed by atoms with van der Waals surface area (Å²) in [6.07, 6.45) is 5.28. The van der Waals surface area contributed by atoms with E-state index in [0.29, 0.717) is 24.8 Å². The van der Waals surface area contributed by atoms with Crippen molar-refractivity contribution in [2.45, 2.75) is 6.92 Å². The molecule has 2 heterocycles. The third-order valence-electron chi connectivity index (χ3n) is 3.05. The SMILES string of the molecule is Cc1cccc(OCCNc2nc(N)cn3ccnc23)c1. The summed E-state index contributed by atoms with van der Waals surface area (Å²) in [5.41, 5.74) is 7.69. The van der Waals surface area contributed by atoms with Crippen molar-refractivity contribution in [2.24, 2.45) is 0 Å². The minimum atomic E-state index is 0.447. The van der Waals surface area contributed by atoms with Crippen LogP contribution in [0.15, 0.2) is 42.9 Å². The fourth-order valence-electron chi connectivity index (χ4n) is 2.11. The van der Waals surface area contributed by atoms with E-state index < -0.39 is 0 Å². The van der Waals surface area contributed by atoms with Gasteiger partial charge in [-0.1, -0.05) is 12.1 Å². The molecule has 0 bridgehead atoms. The maximum atomic E-state index is 5.76. The molecule has 108 valence electrons. The number of rotatable bonds is 5. The second-order valence-corrected chi connectivity index (χ2v) is 4.76. The van der Waals surface area contributed by atoms with Gasteiger partial charge in [-0.15, -0.1) is 0 Å². The van der Waals surface area contributed by atoms with Gasteiger partial charge in [0.05, 0.1) is 12.7 Å². The summed E-state index contributed by atoms with van der Waals surface area (Å²) in [5.74, 6) is 1.97. The van der Waals surface area contributed by atoms with Gasteiger partial charge < -0.3 is 20.2 Å². The highest BCUT2D eigenvalue weighted by atomic mass is 16.5. The topological polar surface area (TPSA) is 77.5 Å². The van der Waals surface area contributed by atoms with Gasteiger partial charge in [0.2, 0.25) is 0 Å². The Hall–Kier alpha value is -2.76. The first-order valence-electron chi connectivity index (χ1n) is 6.75. The molecule has 0 fully saturated rings. The number of nitrogens with one attached hydrogen (secondary N) is 1. The third-order valence-corrected chi connectivity index (χ3v) is 3.05. The number of hydrogen-bond donors (Lipinski definition) is 2. The standard InChI is InChI=1S/C15H17N5O/c1-11-3-2-4-12(9-11)21-8-6-17-14-15-18-5-7-20(15)10-13(16)19-14/h2-5,7,9-10H,6,8,16H2,1H3,(H,17,19). The smallest absolute Gasteiger partial charge is 0.180 e. The molecule has 0 unspecified atom stereocenters. The molecule has 0 saturated carbocycles. The van der Waals surface area contributed by atoms with Crippen LogP contribution >= 0.6 is 0 Å². The zero-order valence-electron chi connectivity index (χ0n) is 11.8. The molecule has 0 spiro atoms. The molecule has 3 aromatic rings. The maximum absolute atomic E-state index is 5.76. The number of benzene rings is 1. The van der Waals surface area contributed by atoms with Crippen LogP contribution in [0.3, 0.4) is 0 Å². The molecule has 0 saturated heterocycles. The number of aryl methyl sites for hydroxylation is 1. The zero-order valence-corrected chi connectivity index (χ0v) is 11.8. The molecule has 0 aliphatic heterocycles. The summed E-state index contributed by atoms with van der Waals surface area (Å²) in [6, 6.07) is 7.96. The van der Waals surface area contributed by atoms with Crippen LogP contribution in [0.2, 0.25) is 0 Å². The molecule has 0 atom stereocenters. The lowest BCUT2D eigenvalue weighted by Gasteiger charge is -2.09. The molecule has 21 heavy (non-hydrogen) atoms. The first-order valence-corrected chi connectivity index (χ1v) is 6.75. The van der Waals surface area contributed by atoms with E-state index in [1.165, 1.54) is 5.56 Å². The highest BCUT2D eigenvalue weighted by molar-refractivity contribution is 5.64. The quantitative estimate of drug-likeness (QED) is 0.701. The third kappa shape index (κ3) is 3.05. The number of nitrogens with two attached hydrogens (primary N) is 1. The lowest BCUT2D eigenvalue weighted by molar-refractivity contribution is 0.332. The molecular weight excluding hydrogens is 266 g/mol. The largest absolute Gasteiger partial charge is 0.492 e. The van der Waals surface area contributed by atoms with E-state index in [4.69, 9.17) is 10.5 Å². The Labute approximate surface area is 122 Å². The van der Waals surface area contributed by atoms with E-state index in [2.05, 4.69) is 15.3 Å². The molecule has 3 rings (SSSR count). The van der Waals surface area contributed by atoms with E-state index in [1.54, 1.807) is 12.4 Å². The minimum Gasteiger partial charge on any atom is -0.492 e. The molecule has 3 N–H and O–H groups in total. The number of imidazole rings is 1. The molecule has 0 amide bonds. The van der Waals surface area contributed by atoms with Crippen molar-refractivity contribution < 1.29 is 4.74 Å². The summed E-state index contributed by atoms with van der Waals surface area (Å²) >= 11 is 0. The van der Waals surface area contributed by atoms with Crippen LogP contribution in [0.25, 0.3) is 5.65 Å². The minimum absolute atomic E-state index is 0.447. The van der Waals surface area contributed by atoms with Crippen LogP contribution in [-0.2, 0) is 0 Å². The van der Waals surface area contributed by atoms with Gasteiger partial charge in [0.15, 0.2) is 11.5 Å². The highest BCUT2D eigenvalue weighted by Gasteiger charge is 2.05. The first kappa shape index (κ1) is 13.2. The van der Waals surface area contributed by atoms with E-state index >= 15 is 0 Å². The summed E-state index contributed by atoms with van der Waals surface area (Å²) in [4.78, 5) is 8.51. The van der Waals surface area contributed by atoms with Crippen molar-refractivity contribution in [1.29, 1.82) is 0 Å².